The maximum absolute atomic E-state index is 11.2. The smallest absolute Gasteiger partial charge is 0.0654 e. The van der Waals surface area contributed by atoms with E-state index in [-0.39, 0.29) is 10.8 Å². The van der Waals surface area contributed by atoms with E-state index in [1.54, 1.807) is 0 Å². The van der Waals surface area contributed by atoms with E-state index >= 15 is 0 Å². The normalized spacial score (nSPS) is 43.4. The Labute approximate surface area is 136 Å². The van der Waals surface area contributed by atoms with Crippen molar-refractivity contribution in [3.05, 3.63) is 0 Å². The Morgan fingerprint density at radius 3 is 1.36 bits per heavy atom. The van der Waals surface area contributed by atoms with Crippen LogP contribution in [0.25, 0.3) is 0 Å². The maximum Gasteiger partial charge on any atom is 0.0654 e. The molecule has 3 saturated carbocycles. The summed E-state index contributed by atoms with van der Waals surface area (Å²) in [5.74, 6) is 1.54. The molecule has 0 spiro atoms. The summed E-state index contributed by atoms with van der Waals surface area (Å²) in [7, 11) is 0. The monoisotopic (exact) mass is 308 g/mol. The van der Waals surface area contributed by atoms with Gasteiger partial charge in [-0.15, -0.1) is 0 Å². The minimum Gasteiger partial charge on any atom is -0.390 e. The van der Waals surface area contributed by atoms with Crippen molar-refractivity contribution in [2.24, 2.45) is 22.7 Å². The Kier molecular flexibility index (Phi) is 3.97. The summed E-state index contributed by atoms with van der Waals surface area (Å²) in [6.45, 7) is 8.06. The first-order chi connectivity index (χ1) is 10.1. The van der Waals surface area contributed by atoms with Gasteiger partial charge in [0.15, 0.2) is 0 Å². The lowest BCUT2D eigenvalue weighted by Crippen LogP contribution is -2.68. The molecule has 2 heteroatoms. The van der Waals surface area contributed by atoms with Gasteiger partial charge in [-0.05, 0) is 65.2 Å². The highest BCUT2D eigenvalue weighted by atomic mass is 16.3. The highest BCUT2D eigenvalue weighted by Gasteiger charge is 2.67. The van der Waals surface area contributed by atoms with Crippen LogP contribution < -0.4 is 0 Å². The van der Waals surface area contributed by atoms with E-state index in [0.29, 0.717) is 0 Å². The minimum atomic E-state index is -0.712. The molecular formula is C20H36O2. The average molecular weight is 309 g/mol. The second-order valence-corrected chi connectivity index (χ2v) is 9.70. The fraction of sp³-hybridized carbons (Fsp3) is 1.00. The summed E-state index contributed by atoms with van der Waals surface area (Å²) in [5.41, 5.74) is -1.66. The summed E-state index contributed by atoms with van der Waals surface area (Å²) in [4.78, 5) is 0. The highest BCUT2D eigenvalue weighted by Crippen LogP contribution is 2.70. The number of aliphatic hydroxyl groups is 2. The molecular weight excluding hydrogens is 272 g/mol. The molecule has 0 aromatic heterocycles. The molecule has 2 nitrogen and oxygen atoms in total. The van der Waals surface area contributed by atoms with Crippen LogP contribution in [0.2, 0.25) is 0 Å². The summed E-state index contributed by atoms with van der Waals surface area (Å²) in [6.07, 6.45) is 12.2. The van der Waals surface area contributed by atoms with E-state index in [9.17, 15) is 10.2 Å². The van der Waals surface area contributed by atoms with Gasteiger partial charge < -0.3 is 10.2 Å². The van der Waals surface area contributed by atoms with E-state index < -0.39 is 11.2 Å². The number of rotatable bonds is 2. The molecule has 4 unspecified atom stereocenters. The van der Waals surface area contributed by atoms with Gasteiger partial charge >= 0.3 is 0 Å². The molecule has 4 atom stereocenters. The summed E-state index contributed by atoms with van der Waals surface area (Å²) < 4.78 is 0. The van der Waals surface area contributed by atoms with Gasteiger partial charge in [-0.2, -0.15) is 0 Å². The van der Waals surface area contributed by atoms with Crippen molar-refractivity contribution in [1.82, 2.24) is 0 Å². The van der Waals surface area contributed by atoms with E-state index in [4.69, 9.17) is 0 Å². The van der Waals surface area contributed by atoms with Gasteiger partial charge in [0.25, 0.3) is 0 Å². The molecule has 0 bridgehead atoms. The van der Waals surface area contributed by atoms with Crippen molar-refractivity contribution in [2.45, 2.75) is 103 Å². The molecule has 3 aliphatic carbocycles. The summed E-state index contributed by atoms with van der Waals surface area (Å²) >= 11 is 0. The third-order valence-electron chi connectivity index (χ3n) is 8.00. The quantitative estimate of drug-likeness (QED) is 0.778. The van der Waals surface area contributed by atoms with Crippen LogP contribution in [0, 0.1) is 22.7 Å². The molecule has 0 radical (unpaired) electrons. The van der Waals surface area contributed by atoms with Crippen molar-refractivity contribution < 1.29 is 10.2 Å². The zero-order chi connectivity index (χ0) is 16.2. The van der Waals surface area contributed by atoms with E-state index in [0.717, 1.165) is 37.5 Å². The Balaban J connectivity index is 2.10. The first kappa shape index (κ1) is 16.8. The van der Waals surface area contributed by atoms with Gasteiger partial charge in [0.05, 0.1) is 11.2 Å². The summed E-state index contributed by atoms with van der Waals surface area (Å²) in [5, 5.41) is 22.5. The molecule has 0 aromatic carbocycles. The highest BCUT2D eigenvalue weighted by molar-refractivity contribution is 5.17. The zero-order valence-electron chi connectivity index (χ0n) is 15.1. The number of hydrogen-bond acceptors (Lipinski definition) is 2. The summed E-state index contributed by atoms with van der Waals surface area (Å²) in [6, 6.07) is 0. The lowest BCUT2D eigenvalue weighted by Gasteiger charge is -2.69. The molecule has 3 rings (SSSR count). The number of fused-ring (bicyclic) bond motifs is 2. The number of hydrogen-bond donors (Lipinski definition) is 2. The van der Waals surface area contributed by atoms with Gasteiger partial charge in [0.2, 0.25) is 0 Å². The van der Waals surface area contributed by atoms with E-state index in [1.165, 1.54) is 38.5 Å². The van der Waals surface area contributed by atoms with Crippen LogP contribution in [0.15, 0.2) is 0 Å². The standard InChI is InChI=1S/C20H36O2/c1-17(2,21)19-11-7-8-12-20(19,18(3,4)22)14-16-10-6-5-9-15(16)13-19/h15-16,21-22H,5-14H2,1-4H3. The SMILES string of the molecule is CC(C)(O)C12CCCCC1(C(C)(C)O)CC1CCCCC1C2. The lowest BCUT2D eigenvalue weighted by atomic mass is 9.37. The van der Waals surface area contributed by atoms with Crippen LogP contribution >= 0.6 is 0 Å². The Morgan fingerprint density at radius 2 is 1.05 bits per heavy atom. The molecule has 3 fully saturated rings. The van der Waals surface area contributed by atoms with Gasteiger partial charge in [-0.25, -0.2) is 0 Å². The average Bonchev–Trinajstić information content (AvgIpc) is 2.42. The van der Waals surface area contributed by atoms with Crippen LogP contribution in [0.5, 0.6) is 0 Å². The molecule has 0 aliphatic heterocycles. The third-order valence-corrected chi connectivity index (χ3v) is 8.00. The first-order valence-electron chi connectivity index (χ1n) is 9.58. The Bertz CT molecular complexity index is 376. The molecule has 0 amide bonds. The van der Waals surface area contributed by atoms with Crippen LogP contribution in [0.3, 0.4) is 0 Å². The second kappa shape index (κ2) is 5.21. The van der Waals surface area contributed by atoms with Crippen molar-refractivity contribution >= 4 is 0 Å². The predicted molar refractivity (Wildman–Crippen MR) is 90.6 cm³/mol. The molecule has 3 aliphatic rings. The maximum atomic E-state index is 11.2. The van der Waals surface area contributed by atoms with Crippen molar-refractivity contribution in [3.8, 4) is 0 Å². The first-order valence-corrected chi connectivity index (χ1v) is 9.58. The molecule has 0 heterocycles. The molecule has 128 valence electrons. The molecule has 0 saturated heterocycles. The van der Waals surface area contributed by atoms with Gasteiger partial charge in [0, 0.05) is 10.8 Å². The van der Waals surface area contributed by atoms with Gasteiger partial charge in [-0.3, -0.25) is 0 Å². The molecule has 0 aromatic rings. The lowest BCUT2D eigenvalue weighted by molar-refractivity contribution is -0.265. The fourth-order valence-corrected chi connectivity index (χ4v) is 6.93. The molecule has 22 heavy (non-hydrogen) atoms. The van der Waals surface area contributed by atoms with Crippen molar-refractivity contribution in [1.29, 1.82) is 0 Å². The van der Waals surface area contributed by atoms with E-state index in [2.05, 4.69) is 0 Å². The minimum absolute atomic E-state index is 0.116. The zero-order valence-corrected chi connectivity index (χ0v) is 15.1. The second-order valence-electron chi connectivity index (χ2n) is 9.70. The predicted octanol–water partition coefficient (Wildman–Crippen LogP) is 4.68. The molecule has 2 N–H and O–H groups in total. The van der Waals surface area contributed by atoms with Crippen LogP contribution in [-0.4, -0.2) is 21.4 Å². The Morgan fingerprint density at radius 1 is 0.682 bits per heavy atom. The van der Waals surface area contributed by atoms with Crippen molar-refractivity contribution in [2.75, 3.05) is 0 Å². The van der Waals surface area contributed by atoms with E-state index in [1.807, 2.05) is 27.7 Å². The third kappa shape index (κ3) is 2.20. The topological polar surface area (TPSA) is 40.5 Å². The fourth-order valence-electron chi connectivity index (χ4n) is 6.93. The Hall–Kier alpha value is -0.0800. The van der Waals surface area contributed by atoms with Crippen LogP contribution in [0.4, 0.5) is 0 Å². The van der Waals surface area contributed by atoms with Crippen molar-refractivity contribution in [3.63, 3.8) is 0 Å². The largest absolute Gasteiger partial charge is 0.390 e. The van der Waals surface area contributed by atoms with Gasteiger partial charge in [-0.1, -0.05) is 38.5 Å². The van der Waals surface area contributed by atoms with Gasteiger partial charge in [0.1, 0.15) is 0 Å². The van der Waals surface area contributed by atoms with Crippen LogP contribution in [-0.2, 0) is 0 Å². The van der Waals surface area contributed by atoms with Crippen LogP contribution in [0.1, 0.15) is 91.9 Å².